The number of nitrogens with zero attached hydrogens (tertiary/aromatic N) is 2. The minimum absolute atomic E-state index is 0.0951. The van der Waals surface area contributed by atoms with Gasteiger partial charge in [0.15, 0.2) is 0 Å². The first-order valence-corrected chi connectivity index (χ1v) is 10.3. The number of ether oxygens (including phenoxy) is 1. The fraction of sp³-hybridized carbons (Fsp3) is 0.391. The average molecular weight is 393 g/mol. The molecule has 4 rings (SSSR count). The highest BCUT2D eigenvalue weighted by atomic mass is 16.5. The maximum Gasteiger partial charge on any atom is 0.315 e. The summed E-state index contributed by atoms with van der Waals surface area (Å²) < 4.78 is 7.27. The zero-order valence-electron chi connectivity index (χ0n) is 16.8. The first kappa shape index (κ1) is 19.3. The van der Waals surface area contributed by atoms with Crippen molar-refractivity contribution >= 4 is 16.9 Å². The number of benzene rings is 2. The largest absolute Gasteiger partial charge is 0.497 e. The quantitative estimate of drug-likeness (QED) is 0.664. The molecule has 0 atom stereocenters. The molecule has 1 aromatic heterocycles. The van der Waals surface area contributed by atoms with E-state index in [2.05, 4.69) is 38.6 Å². The van der Waals surface area contributed by atoms with E-state index in [-0.39, 0.29) is 12.1 Å². The predicted molar refractivity (Wildman–Crippen MR) is 114 cm³/mol. The number of nitrogens with one attached hydrogen (secondary N) is 2. The van der Waals surface area contributed by atoms with Crippen LogP contribution in [0.2, 0.25) is 0 Å². The molecule has 29 heavy (non-hydrogen) atoms. The van der Waals surface area contributed by atoms with E-state index < -0.39 is 0 Å². The van der Waals surface area contributed by atoms with E-state index in [1.165, 1.54) is 10.9 Å². The number of amides is 2. The van der Waals surface area contributed by atoms with Gasteiger partial charge < -0.3 is 15.4 Å². The lowest BCUT2D eigenvalue weighted by Gasteiger charge is -2.29. The Balaban J connectivity index is 1.20. The van der Waals surface area contributed by atoms with Gasteiger partial charge in [-0.05, 0) is 55.4 Å². The molecule has 2 N–H and O–H groups in total. The molecule has 3 aromatic rings. The minimum atomic E-state index is -0.0951. The molecule has 1 aliphatic rings. The number of carbonyl (C=O) groups is 1. The van der Waals surface area contributed by atoms with Gasteiger partial charge >= 0.3 is 6.03 Å². The van der Waals surface area contributed by atoms with Crippen LogP contribution < -0.4 is 15.4 Å². The number of methoxy groups -OCH3 is 1. The minimum Gasteiger partial charge on any atom is -0.497 e. The molecule has 6 nitrogen and oxygen atoms in total. The number of carbonyl (C=O) groups excluding carboxylic acids is 1. The molecule has 152 valence electrons. The first-order chi connectivity index (χ1) is 14.2. The van der Waals surface area contributed by atoms with E-state index in [9.17, 15) is 4.79 Å². The number of hydrogen-bond donors (Lipinski definition) is 2. The van der Waals surface area contributed by atoms with Crippen molar-refractivity contribution in [2.75, 3.05) is 7.11 Å². The van der Waals surface area contributed by atoms with Crippen LogP contribution in [-0.2, 0) is 13.1 Å². The molecular weight excluding hydrogens is 364 g/mol. The van der Waals surface area contributed by atoms with Gasteiger partial charge in [-0.1, -0.05) is 30.3 Å². The highest BCUT2D eigenvalue weighted by molar-refractivity contribution is 5.78. The SMILES string of the molecule is COc1ccc(CNC(=O)NC2CCC(Cn3ncc4ccccc43)CC2)cc1. The van der Waals surface area contributed by atoms with Gasteiger partial charge in [0.2, 0.25) is 0 Å². The molecule has 2 aromatic carbocycles. The van der Waals surface area contributed by atoms with E-state index in [0.717, 1.165) is 43.5 Å². The molecule has 2 amide bonds. The number of rotatable bonds is 6. The van der Waals surface area contributed by atoms with Crippen molar-refractivity contribution in [3.63, 3.8) is 0 Å². The highest BCUT2D eigenvalue weighted by Gasteiger charge is 2.23. The molecule has 0 bridgehead atoms. The second kappa shape index (κ2) is 8.99. The third-order valence-corrected chi connectivity index (χ3v) is 5.78. The molecule has 6 heteroatoms. The molecule has 0 aliphatic heterocycles. The normalized spacial score (nSPS) is 19.1. The van der Waals surface area contributed by atoms with Gasteiger partial charge in [-0.15, -0.1) is 0 Å². The number of urea groups is 1. The van der Waals surface area contributed by atoms with Gasteiger partial charge in [-0.3, -0.25) is 4.68 Å². The highest BCUT2D eigenvalue weighted by Crippen LogP contribution is 2.27. The number of fused-ring (bicyclic) bond motifs is 1. The van der Waals surface area contributed by atoms with Crippen LogP contribution in [0.25, 0.3) is 10.9 Å². The van der Waals surface area contributed by atoms with E-state index >= 15 is 0 Å². The summed E-state index contributed by atoms with van der Waals surface area (Å²) in [6.45, 7) is 1.46. The molecule has 1 fully saturated rings. The van der Waals surface area contributed by atoms with E-state index in [1.807, 2.05) is 36.5 Å². The number of aromatic nitrogens is 2. The van der Waals surface area contributed by atoms with Crippen molar-refractivity contribution in [3.8, 4) is 5.75 Å². The van der Waals surface area contributed by atoms with Crippen LogP contribution in [0.1, 0.15) is 31.2 Å². The van der Waals surface area contributed by atoms with Crippen LogP contribution in [0.15, 0.2) is 54.7 Å². The molecule has 1 heterocycles. The van der Waals surface area contributed by atoms with Gasteiger partial charge in [0.1, 0.15) is 5.75 Å². The third kappa shape index (κ3) is 4.88. The standard InChI is InChI=1S/C23H28N4O2/c1-29-21-12-8-17(9-13-21)14-24-23(28)26-20-10-6-18(7-11-20)16-27-22-5-3-2-4-19(22)15-25-27/h2-5,8-9,12-13,15,18,20H,6-7,10-11,14,16H2,1H3,(H2,24,26,28). The van der Waals surface area contributed by atoms with E-state index in [0.29, 0.717) is 12.5 Å². The Labute approximate surface area is 171 Å². The summed E-state index contributed by atoms with van der Waals surface area (Å²) in [6, 6.07) is 16.2. The average Bonchev–Trinajstić information content (AvgIpc) is 3.17. The fourth-order valence-corrected chi connectivity index (χ4v) is 4.07. The zero-order chi connectivity index (χ0) is 20.1. The Hall–Kier alpha value is -3.02. The summed E-state index contributed by atoms with van der Waals surface area (Å²) in [7, 11) is 1.65. The van der Waals surface area contributed by atoms with Crippen molar-refractivity contribution in [1.29, 1.82) is 0 Å². The number of para-hydroxylation sites is 1. The zero-order valence-corrected chi connectivity index (χ0v) is 16.8. The topological polar surface area (TPSA) is 68.2 Å². The Morgan fingerprint density at radius 2 is 1.86 bits per heavy atom. The van der Waals surface area contributed by atoms with Crippen LogP contribution in [0.4, 0.5) is 4.79 Å². The Morgan fingerprint density at radius 3 is 2.62 bits per heavy atom. The summed E-state index contributed by atoms with van der Waals surface area (Å²) in [4.78, 5) is 12.2. The molecule has 1 aliphatic carbocycles. The lowest BCUT2D eigenvalue weighted by atomic mass is 9.86. The van der Waals surface area contributed by atoms with Crippen LogP contribution in [0.3, 0.4) is 0 Å². The smallest absolute Gasteiger partial charge is 0.315 e. The summed E-state index contributed by atoms with van der Waals surface area (Å²) in [5.74, 6) is 1.43. The van der Waals surface area contributed by atoms with Crippen LogP contribution in [0, 0.1) is 5.92 Å². The van der Waals surface area contributed by atoms with E-state index in [4.69, 9.17) is 4.74 Å². The second-order valence-corrected chi connectivity index (χ2v) is 7.78. The van der Waals surface area contributed by atoms with Crippen LogP contribution in [0.5, 0.6) is 5.75 Å². The van der Waals surface area contributed by atoms with Gasteiger partial charge in [0.25, 0.3) is 0 Å². The van der Waals surface area contributed by atoms with E-state index in [1.54, 1.807) is 7.11 Å². The second-order valence-electron chi connectivity index (χ2n) is 7.78. The molecule has 0 radical (unpaired) electrons. The van der Waals surface area contributed by atoms with Crippen LogP contribution >= 0.6 is 0 Å². The van der Waals surface area contributed by atoms with Gasteiger partial charge in [0, 0.05) is 24.5 Å². The summed E-state index contributed by atoms with van der Waals surface area (Å²) in [5, 5.41) is 11.8. The van der Waals surface area contributed by atoms with Crippen molar-refractivity contribution in [2.45, 2.75) is 44.8 Å². The lowest BCUT2D eigenvalue weighted by Crippen LogP contribution is -2.43. The summed E-state index contributed by atoms with van der Waals surface area (Å²) in [6.07, 6.45) is 6.19. The van der Waals surface area contributed by atoms with Gasteiger partial charge in [0.05, 0.1) is 18.8 Å². The summed E-state index contributed by atoms with van der Waals surface area (Å²) in [5.41, 5.74) is 2.25. The van der Waals surface area contributed by atoms with Gasteiger partial charge in [-0.2, -0.15) is 5.10 Å². The van der Waals surface area contributed by atoms with Crippen LogP contribution in [-0.4, -0.2) is 29.0 Å². The molecular formula is C23H28N4O2. The molecule has 0 saturated heterocycles. The number of hydrogen-bond acceptors (Lipinski definition) is 3. The molecule has 1 saturated carbocycles. The Bertz CT molecular complexity index is 943. The fourth-order valence-electron chi connectivity index (χ4n) is 4.07. The van der Waals surface area contributed by atoms with Crippen molar-refractivity contribution in [3.05, 3.63) is 60.3 Å². The van der Waals surface area contributed by atoms with Crippen molar-refractivity contribution in [2.24, 2.45) is 5.92 Å². The molecule has 0 spiro atoms. The summed E-state index contributed by atoms with van der Waals surface area (Å²) >= 11 is 0. The monoisotopic (exact) mass is 392 g/mol. The first-order valence-electron chi connectivity index (χ1n) is 10.3. The maximum absolute atomic E-state index is 12.2. The lowest BCUT2D eigenvalue weighted by molar-refractivity contribution is 0.222. The third-order valence-electron chi connectivity index (χ3n) is 5.78. The Kier molecular flexibility index (Phi) is 5.98. The van der Waals surface area contributed by atoms with Crippen molar-refractivity contribution in [1.82, 2.24) is 20.4 Å². The maximum atomic E-state index is 12.2. The predicted octanol–water partition coefficient (Wildman–Crippen LogP) is 4.10. The van der Waals surface area contributed by atoms with Crippen molar-refractivity contribution < 1.29 is 9.53 Å². The Morgan fingerprint density at radius 1 is 1.10 bits per heavy atom. The molecule has 0 unspecified atom stereocenters. The van der Waals surface area contributed by atoms with Gasteiger partial charge in [-0.25, -0.2) is 4.79 Å².